The first-order chi connectivity index (χ1) is 7.66. The Bertz CT molecular complexity index is 517. The van der Waals surface area contributed by atoms with Gasteiger partial charge in [-0.3, -0.25) is 10.1 Å². The fourth-order valence-electron chi connectivity index (χ4n) is 1.03. The van der Waals surface area contributed by atoms with Crippen molar-refractivity contribution in [3.8, 4) is 0 Å². The van der Waals surface area contributed by atoms with Gasteiger partial charge in [-0.1, -0.05) is 11.6 Å². The van der Waals surface area contributed by atoms with E-state index in [2.05, 4.69) is 15.3 Å². The summed E-state index contributed by atoms with van der Waals surface area (Å²) in [6.45, 7) is 0. The number of amides is 1. The van der Waals surface area contributed by atoms with E-state index in [4.69, 9.17) is 11.6 Å². The van der Waals surface area contributed by atoms with Gasteiger partial charge in [0.1, 0.15) is 11.0 Å². The summed E-state index contributed by atoms with van der Waals surface area (Å²) in [6, 6.07) is 1.03. The van der Waals surface area contributed by atoms with Crippen LogP contribution in [0.1, 0.15) is 10.4 Å². The average Bonchev–Trinajstić information content (AvgIpc) is 2.74. The van der Waals surface area contributed by atoms with Crippen LogP contribution in [-0.2, 0) is 0 Å². The lowest BCUT2D eigenvalue weighted by atomic mass is 10.2. The van der Waals surface area contributed by atoms with Crippen LogP contribution in [0.5, 0.6) is 0 Å². The number of rotatable bonds is 2. The van der Waals surface area contributed by atoms with Gasteiger partial charge in [-0.15, -0.1) is 11.3 Å². The molecule has 0 aliphatic rings. The number of pyridine rings is 1. The van der Waals surface area contributed by atoms with Gasteiger partial charge in [0.15, 0.2) is 5.13 Å². The maximum absolute atomic E-state index is 12.9. The number of carbonyl (C=O) groups is 1. The Kier molecular flexibility index (Phi) is 3.12. The molecule has 0 saturated carbocycles. The van der Waals surface area contributed by atoms with E-state index in [0.717, 1.165) is 12.3 Å². The molecule has 0 spiro atoms. The van der Waals surface area contributed by atoms with Crippen molar-refractivity contribution in [3.63, 3.8) is 0 Å². The summed E-state index contributed by atoms with van der Waals surface area (Å²) in [5, 5.41) is 4.57. The minimum atomic E-state index is -0.617. The molecular formula is C9H5ClFN3OS. The van der Waals surface area contributed by atoms with E-state index >= 15 is 0 Å². The second-order valence-corrected chi connectivity index (χ2v) is 4.04. The SMILES string of the molecule is O=C(Nc1nccs1)c1cc(F)cnc1Cl. The molecule has 0 bridgehead atoms. The minimum absolute atomic E-state index is 0.0168. The Labute approximate surface area is 99.1 Å². The number of nitrogens with one attached hydrogen (secondary N) is 1. The lowest BCUT2D eigenvalue weighted by molar-refractivity contribution is 0.102. The van der Waals surface area contributed by atoms with Crippen molar-refractivity contribution in [1.29, 1.82) is 0 Å². The highest BCUT2D eigenvalue weighted by molar-refractivity contribution is 7.13. The van der Waals surface area contributed by atoms with Crippen LogP contribution < -0.4 is 5.32 Å². The smallest absolute Gasteiger partial charge is 0.260 e. The fourth-order valence-corrected chi connectivity index (χ4v) is 1.74. The van der Waals surface area contributed by atoms with Crippen molar-refractivity contribution < 1.29 is 9.18 Å². The zero-order valence-electron chi connectivity index (χ0n) is 7.78. The lowest BCUT2D eigenvalue weighted by Crippen LogP contribution is -2.13. The first kappa shape index (κ1) is 11.0. The molecule has 16 heavy (non-hydrogen) atoms. The van der Waals surface area contributed by atoms with E-state index in [1.165, 1.54) is 11.3 Å². The van der Waals surface area contributed by atoms with Gasteiger partial charge in [0, 0.05) is 11.6 Å². The highest BCUT2D eigenvalue weighted by atomic mass is 35.5. The third-order valence-electron chi connectivity index (χ3n) is 1.70. The number of nitrogens with zero attached hydrogens (tertiary/aromatic N) is 2. The largest absolute Gasteiger partial charge is 0.298 e. The predicted molar refractivity (Wildman–Crippen MR) is 59.3 cm³/mol. The molecule has 1 amide bonds. The maximum atomic E-state index is 12.9. The van der Waals surface area contributed by atoms with Crippen molar-refractivity contribution in [2.45, 2.75) is 0 Å². The van der Waals surface area contributed by atoms with Crippen LogP contribution in [0.15, 0.2) is 23.8 Å². The van der Waals surface area contributed by atoms with E-state index in [9.17, 15) is 9.18 Å². The molecule has 0 unspecified atom stereocenters. The number of anilines is 1. The molecule has 7 heteroatoms. The van der Waals surface area contributed by atoms with Crippen LogP contribution in [0.3, 0.4) is 0 Å². The summed E-state index contributed by atoms with van der Waals surface area (Å²) in [5.74, 6) is -1.15. The van der Waals surface area contributed by atoms with Gasteiger partial charge in [-0.05, 0) is 6.07 Å². The van der Waals surface area contributed by atoms with Gasteiger partial charge in [-0.25, -0.2) is 14.4 Å². The van der Waals surface area contributed by atoms with Crippen molar-refractivity contribution in [2.75, 3.05) is 5.32 Å². The summed E-state index contributed by atoms with van der Waals surface area (Å²) < 4.78 is 12.9. The van der Waals surface area contributed by atoms with Crippen molar-refractivity contribution in [1.82, 2.24) is 9.97 Å². The highest BCUT2D eigenvalue weighted by Crippen LogP contribution is 2.17. The Hall–Kier alpha value is -1.53. The van der Waals surface area contributed by atoms with Crippen LogP contribution in [-0.4, -0.2) is 15.9 Å². The van der Waals surface area contributed by atoms with Crippen molar-refractivity contribution >= 4 is 34.0 Å². The molecule has 2 aromatic rings. The normalized spacial score (nSPS) is 10.1. The van der Waals surface area contributed by atoms with Gasteiger partial charge in [0.2, 0.25) is 0 Å². The molecule has 2 rings (SSSR count). The van der Waals surface area contributed by atoms with Crippen LogP contribution in [0.2, 0.25) is 5.15 Å². The van der Waals surface area contributed by atoms with Gasteiger partial charge >= 0.3 is 0 Å². The predicted octanol–water partition coefficient (Wildman–Crippen LogP) is 2.58. The number of carbonyl (C=O) groups excluding carboxylic acids is 1. The van der Waals surface area contributed by atoms with Gasteiger partial charge in [0.25, 0.3) is 5.91 Å². The van der Waals surface area contributed by atoms with Crippen molar-refractivity contribution in [2.24, 2.45) is 0 Å². The molecule has 1 N–H and O–H groups in total. The van der Waals surface area contributed by atoms with Crippen LogP contribution in [0, 0.1) is 5.82 Å². The van der Waals surface area contributed by atoms with Crippen LogP contribution >= 0.6 is 22.9 Å². The van der Waals surface area contributed by atoms with E-state index in [-0.39, 0.29) is 10.7 Å². The van der Waals surface area contributed by atoms with E-state index in [0.29, 0.717) is 5.13 Å². The van der Waals surface area contributed by atoms with Gasteiger partial charge in [0.05, 0.1) is 11.8 Å². The average molecular weight is 258 g/mol. The fraction of sp³-hybridized carbons (Fsp3) is 0. The molecule has 0 atom stereocenters. The Balaban J connectivity index is 2.24. The monoisotopic (exact) mass is 257 g/mol. The quantitative estimate of drug-likeness (QED) is 0.842. The molecule has 2 heterocycles. The molecule has 2 aromatic heterocycles. The number of aromatic nitrogens is 2. The second-order valence-electron chi connectivity index (χ2n) is 2.78. The molecule has 0 radical (unpaired) electrons. The molecule has 4 nitrogen and oxygen atoms in total. The van der Waals surface area contributed by atoms with Crippen LogP contribution in [0.25, 0.3) is 0 Å². The number of hydrogen-bond acceptors (Lipinski definition) is 4. The molecule has 0 aliphatic carbocycles. The number of hydrogen-bond donors (Lipinski definition) is 1. The third kappa shape index (κ3) is 2.34. The molecule has 0 saturated heterocycles. The topological polar surface area (TPSA) is 54.9 Å². The van der Waals surface area contributed by atoms with E-state index in [1.54, 1.807) is 11.6 Å². The third-order valence-corrected chi connectivity index (χ3v) is 2.69. The Morgan fingerprint density at radius 1 is 1.50 bits per heavy atom. The molecule has 0 fully saturated rings. The molecule has 0 aliphatic heterocycles. The summed E-state index contributed by atoms with van der Waals surface area (Å²) in [6.07, 6.45) is 2.49. The van der Waals surface area contributed by atoms with Crippen LogP contribution in [0.4, 0.5) is 9.52 Å². The summed E-state index contributed by atoms with van der Waals surface area (Å²) in [4.78, 5) is 19.1. The zero-order valence-corrected chi connectivity index (χ0v) is 9.35. The maximum Gasteiger partial charge on any atom is 0.260 e. The molecule has 0 aromatic carbocycles. The molecular weight excluding hydrogens is 253 g/mol. The molecule has 82 valence electrons. The highest BCUT2D eigenvalue weighted by Gasteiger charge is 2.13. The Morgan fingerprint density at radius 2 is 2.31 bits per heavy atom. The van der Waals surface area contributed by atoms with Gasteiger partial charge in [-0.2, -0.15) is 0 Å². The summed E-state index contributed by atoms with van der Waals surface area (Å²) >= 11 is 6.93. The first-order valence-electron chi connectivity index (χ1n) is 4.18. The van der Waals surface area contributed by atoms with Crippen molar-refractivity contribution in [3.05, 3.63) is 40.4 Å². The first-order valence-corrected chi connectivity index (χ1v) is 5.44. The van der Waals surface area contributed by atoms with E-state index in [1.807, 2.05) is 0 Å². The lowest BCUT2D eigenvalue weighted by Gasteiger charge is -2.02. The standard InChI is InChI=1S/C9H5ClFN3OS/c10-7-6(3-5(11)4-13-7)8(15)14-9-12-1-2-16-9/h1-4H,(H,12,14,15). The number of thiazole rings is 1. The van der Waals surface area contributed by atoms with E-state index < -0.39 is 11.7 Å². The van der Waals surface area contributed by atoms with Gasteiger partial charge < -0.3 is 0 Å². The summed E-state index contributed by atoms with van der Waals surface area (Å²) in [5.41, 5.74) is -0.0168. The minimum Gasteiger partial charge on any atom is -0.298 e. The number of halogens is 2. The zero-order chi connectivity index (χ0) is 11.5. The Morgan fingerprint density at radius 3 is 3.00 bits per heavy atom. The summed E-state index contributed by atoms with van der Waals surface area (Å²) in [7, 11) is 0. The second kappa shape index (κ2) is 4.54.